The lowest BCUT2D eigenvalue weighted by Gasteiger charge is -2.02. The summed E-state index contributed by atoms with van der Waals surface area (Å²) in [6.45, 7) is 3.65. The predicted molar refractivity (Wildman–Crippen MR) is 64.6 cm³/mol. The summed E-state index contributed by atoms with van der Waals surface area (Å²) < 4.78 is 1.06. The van der Waals surface area contributed by atoms with Gasteiger partial charge >= 0.3 is 6.09 Å². The van der Waals surface area contributed by atoms with Gasteiger partial charge in [0.15, 0.2) is 6.29 Å². The van der Waals surface area contributed by atoms with Gasteiger partial charge in [-0.2, -0.15) is 0 Å². The van der Waals surface area contributed by atoms with E-state index in [-0.39, 0.29) is 0 Å². The number of carbonyl (C=O) groups is 2. The third-order valence-electron chi connectivity index (χ3n) is 2.64. The number of aldehydes is 1. The fraction of sp³-hybridized carbons (Fsp3) is 0.0769. The van der Waals surface area contributed by atoms with Crippen LogP contribution < -0.4 is 0 Å². The summed E-state index contributed by atoms with van der Waals surface area (Å²) in [7, 11) is 0. The minimum absolute atomic E-state index is 0.389. The summed E-state index contributed by atoms with van der Waals surface area (Å²) in [5.41, 5.74) is 1.82. The fourth-order valence-corrected chi connectivity index (χ4v) is 1.97. The second kappa shape index (κ2) is 4.25. The van der Waals surface area contributed by atoms with Crippen molar-refractivity contribution in [1.82, 2.24) is 4.57 Å². The van der Waals surface area contributed by atoms with Gasteiger partial charge in [-0.15, -0.1) is 6.58 Å². The molecule has 0 aliphatic carbocycles. The maximum Gasteiger partial charge on any atom is 0.416 e. The average Bonchev–Trinajstić information content (AvgIpc) is 2.69. The highest BCUT2D eigenvalue weighted by molar-refractivity contribution is 6.02. The highest BCUT2D eigenvalue weighted by atomic mass is 16.4. The maximum atomic E-state index is 11.0. The molecular weight excluding hydrogens is 218 g/mol. The molecule has 0 aliphatic heterocycles. The zero-order valence-electron chi connectivity index (χ0n) is 9.09. The van der Waals surface area contributed by atoms with Crippen molar-refractivity contribution >= 4 is 23.3 Å². The minimum Gasteiger partial charge on any atom is -0.464 e. The van der Waals surface area contributed by atoms with Gasteiger partial charge in [-0.25, -0.2) is 4.79 Å². The zero-order chi connectivity index (χ0) is 12.4. The van der Waals surface area contributed by atoms with Crippen LogP contribution in [-0.2, 0) is 6.42 Å². The Morgan fingerprint density at radius 3 is 2.82 bits per heavy atom. The van der Waals surface area contributed by atoms with Crippen LogP contribution in [0.1, 0.15) is 15.9 Å². The van der Waals surface area contributed by atoms with E-state index in [1.54, 1.807) is 18.2 Å². The fourth-order valence-electron chi connectivity index (χ4n) is 1.97. The number of aromatic nitrogens is 1. The Balaban J connectivity index is 2.83. The molecule has 2 rings (SSSR count). The molecule has 0 atom stereocenters. The molecule has 0 fully saturated rings. The molecular formula is C13H11NO3. The van der Waals surface area contributed by atoms with Gasteiger partial charge in [0.1, 0.15) is 0 Å². The molecule has 0 aliphatic rings. The molecule has 4 heteroatoms. The van der Waals surface area contributed by atoms with E-state index in [1.165, 1.54) is 6.20 Å². The van der Waals surface area contributed by atoms with Gasteiger partial charge in [-0.3, -0.25) is 9.36 Å². The summed E-state index contributed by atoms with van der Waals surface area (Å²) >= 11 is 0. The first-order valence-electron chi connectivity index (χ1n) is 5.11. The molecule has 0 amide bonds. The largest absolute Gasteiger partial charge is 0.464 e. The van der Waals surface area contributed by atoms with Gasteiger partial charge in [0.05, 0.1) is 5.52 Å². The third kappa shape index (κ3) is 1.73. The first-order valence-corrected chi connectivity index (χ1v) is 5.11. The summed E-state index contributed by atoms with van der Waals surface area (Å²) in [6, 6.07) is 5.32. The van der Waals surface area contributed by atoms with Crippen molar-refractivity contribution in [3.05, 3.63) is 48.2 Å². The summed E-state index contributed by atoms with van der Waals surface area (Å²) in [6.07, 6.45) is 3.24. The molecule has 0 radical (unpaired) electrons. The van der Waals surface area contributed by atoms with Crippen LogP contribution >= 0.6 is 0 Å². The lowest BCUT2D eigenvalue weighted by molar-refractivity contribution is 0.112. The number of carboxylic acid groups (broad SMARTS) is 1. The first-order chi connectivity index (χ1) is 8.19. The number of rotatable bonds is 3. The van der Waals surface area contributed by atoms with Crippen LogP contribution in [0.15, 0.2) is 37.1 Å². The van der Waals surface area contributed by atoms with Crippen molar-refractivity contribution < 1.29 is 14.7 Å². The van der Waals surface area contributed by atoms with Crippen LogP contribution in [0.4, 0.5) is 4.79 Å². The van der Waals surface area contributed by atoms with E-state index < -0.39 is 6.09 Å². The minimum atomic E-state index is -1.10. The molecule has 0 unspecified atom stereocenters. The maximum absolute atomic E-state index is 11.0. The van der Waals surface area contributed by atoms with Crippen LogP contribution in [0.2, 0.25) is 0 Å². The van der Waals surface area contributed by atoms with Crippen molar-refractivity contribution in [2.24, 2.45) is 0 Å². The van der Waals surface area contributed by atoms with Crippen molar-refractivity contribution in [2.75, 3.05) is 0 Å². The molecule has 1 N–H and O–H groups in total. The third-order valence-corrected chi connectivity index (χ3v) is 2.64. The molecule has 0 saturated carbocycles. The highest BCUT2D eigenvalue weighted by Crippen LogP contribution is 2.24. The van der Waals surface area contributed by atoms with Crippen molar-refractivity contribution in [2.45, 2.75) is 6.42 Å². The van der Waals surface area contributed by atoms with Crippen molar-refractivity contribution in [3.63, 3.8) is 0 Å². The Morgan fingerprint density at radius 2 is 2.24 bits per heavy atom. The Hall–Kier alpha value is -2.36. The number of nitrogens with zero attached hydrogens (tertiary/aromatic N) is 1. The lowest BCUT2D eigenvalue weighted by atomic mass is 10.0. The molecule has 0 saturated heterocycles. The molecule has 2 aromatic rings. The van der Waals surface area contributed by atoms with Gasteiger partial charge in [-0.05, 0) is 18.1 Å². The number of fused-ring (bicyclic) bond motifs is 1. The van der Waals surface area contributed by atoms with E-state index >= 15 is 0 Å². The number of hydrogen-bond acceptors (Lipinski definition) is 2. The Kier molecular flexibility index (Phi) is 2.78. The Labute approximate surface area is 97.8 Å². The smallest absolute Gasteiger partial charge is 0.416 e. The topological polar surface area (TPSA) is 59.3 Å². The molecule has 17 heavy (non-hydrogen) atoms. The Bertz CT molecular complexity index is 610. The molecule has 86 valence electrons. The molecule has 0 spiro atoms. The monoisotopic (exact) mass is 229 g/mol. The average molecular weight is 229 g/mol. The zero-order valence-corrected chi connectivity index (χ0v) is 9.09. The molecule has 1 aromatic heterocycles. The number of allylic oxidation sites excluding steroid dienone is 1. The first kappa shape index (κ1) is 11.1. The second-order valence-electron chi connectivity index (χ2n) is 3.66. The second-order valence-corrected chi connectivity index (χ2v) is 3.66. The summed E-state index contributed by atoms with van der Waals surface area (Å²) in [5.74, 6) is 0. The quantitative estimate of drug-likeness (QED) is 0.650. The highest BCUT2D eigenvalue weighted by Gasteiger charge is 2.14. The summed E-state index contributed by atoms with van der Waals surface area (Å²) in [4.78, 5) is 22.0. The molecule has 0 bridgehead atoms. The van der Waals surface area contributed by atoms with E-state index in [0.29, 0.717) is 29.2 Å². The molecule has 4 nitrogen and oxygen atoms in total. The van der Waals surface area contributed by atoms with Crippen molar-refractivity contribution in [1.29, 1.82) is 0 Å². The van der Waals surface area contributed by atoms with Gasteiger partial charge < -0.3 is 5.11 Å². The van der Waals surface area contributed by atoms with Crippen LogP contribution in [0.25, 0.3) is 10.9 Å². The molecule has 1 aromatic carbocycles. The van der Waals surface area contributed by atoms with E-state index in [1.807, 2.05) is 6.07 Å². The summed E-state index contributed by atoms with van der Waals surface area (Å²) in [5, 5.41) is 9.72. The Morgan fingerprint density at radius 1 is 1.47 bits per heavy atom. The predicted octanol–water partition coefficient (Wildman–Crippen LogP) is 2.71. The lowest BCUT2D eigenvalue weighted by Crippen LogP contribution is -2.05. The normalized spacial score (nSPS) is 10.4. The van der Waals surface area contributed by atoms with E-state index in [9.17, 15) is 9.59 Å². The van der Waals surface area contributed by atoms with Gasteiger partial charge in [0.2, 0.25) is 0 Å². The van der Waals surface area contributed by atoms with E-state index in [4.69, 9.17) is 5.11 Å². The standard InChI is InChI=1S/C13H11NO3/c1-2-4-9-5-3-6-11-12(9)10(8-15)7-14(11)13(16)17/h2-3,5-8H,1,4H2,(H,16,17). The van der Waals surface area contributed by atoms with Crippen molar-refractivity contribution in [3.8, 4) is 0 Å². The van der Waals surface area contributed by atoms with Gasteiger partial charge in [-0.1, -0.05) is 18.2 Å². The number of hydrogen-bond donors (Lipinski definition) is 1. The number of benzene rings is 1. The van der Waals surface area contributed by atoms with Crippen LogP contribution in [0, 0.1) is 0 Å². The van der Waals surface area contributed by atoms with Crippen LogP contribution in [0.3, 0.4) is 0 Å². The van der Waals surface area contributed by atoms with Crippen LogP contribution in [-0.4, -0.2) is 22.1 Å². The SMILES string of the molecule is C=CCc1cccc2c1c(C=O)cn2C(=O)O. The van der Waals surface area contributed by atoms with Gasteiger partial charge in [0.25, 0.3) is 0 Å². The van der Waals surface area contributed by atoms with E-state index in [2.05, 4.69) is 6.58 Å². The van der Waals surface area contributed by atoms with Crippen LogP contribution in [0.5, 0.6) is 0 Å². The van der Waals surface area contributed by atoms with E-state index in [0.717, 1.165) is 10.1 Å². The van der Waals surface area contributed by atoms with Gasteiger partial charge in [0, 0.05) is 17.1 Å². The number of carbonyl (C=O) groups excluding carboxylic acids is 1. The molecule has 1 heterocycles.